The van der Waals surface area contributed by atoms with Crippen LogP contribution in [0.2, 0.25) is 0 Å². The van der Waals surface area contributed by atoms with Crippen LogP contribution >= 0.6 is 0 Å². The normalized spacial score (nSPS) is 19.6. The standard InChI is InChI=1S/C27H40N4/c1(2-24-8-18-30(19-9-24)22-12-26-4-14-28-15-5-26)3-25-10-20-31(21-11-25)23-13-27-6-16-29-17-7-27/h4-7,14-17,24-25H,1-3,8-13,18-23H2. The molecule has 0 bridgehead atoms. The number of hydrogen-bond donors (Lipinski definition) is 0. The number of rotatable bonds is 10. The molecule has 4 heteroatoms. The molecule has 4 rings (SSSR count). The Balaban J connectivity index is 1.03. The molecule has 31 heavy (non-hydrogen) atoms. The van der Waals surface area contributed by atoms with Crippen molar-refractivity contribution in [1.82, 2.24) is 19.8 Å². The van der Waals surface area contributed by atoms with Gasteiger partial charge in [-0.3, -0.25) is 9.97 Å². The minimum absolute atomic E-state index is 0.970. The van der Waals surface area contributed by atoms with Gasteiger partial charge in [-0.2, -0.15) is 0 Å². The maximum absolute atomic E-state index is 4.12. The Kier molecular flexibility index (Phi) is 8.90. The van der Waals surface area contributed by atoms with Crippen LogP contribution in [0.5, 0.6) is 0 Å². The summed E-state index contributed by atoms with van der Waals surface area (Å²) in [7, 11) is 0. The predicted octanol–water partition coefficient (Wildman–Crippen LogP) is 4.86. The summed E-state index contributed by atoms with van der Waals surface area (Å²) in [6.07, 6.45) is 20.0. The molecule has 0 saturated carbocycles. The summed E-state index contributed by atoms with van der Waals surface area (Å²) in [6, 6.07) is 8.60. The second-order valence-electron chi connectivity index (χ2n) is 9.71. The van der Waals surface area contributed by atoms with Gasteiger partial charge in [0, 0.05) is 37.9 Å². The second-order valence-corrected chi connectivity index (χ2v) is 9.71. The van der Waals surface area contributed by atoms with Crippen LogP contribution in [-0.4, -0.2) is 59.0 Å². The zero-order valence-electron chi connectivity index (χ0n) is 19.2. The fraction of sp³-hybridized carbons (Fsp3) is 0.630. The van der Waals surface area contributed by atoms with E-state index in [-0.39, 0.29) is 0 Å². The van der Waals surface area contributed by atoms with Crippen molar-refractivity contribution in [1.29, 1.82) is 0 Å². The molecule has 168 valence electrons. The van der Waals surface area contributed by atoms with Gasteiger partial charge in [0.15, 0.2) is 0 Å². The minimum atomic E-state index is 0.970. The highest BCUT2D eigenvalue weighted by atomic mass is 15.1. The van der Waals surface area contributed by atoms with E-state index in [1.807, 2.05) is 24.8 Å². The van der Waals surface area contributed by atoms with E-state index in [1.165, 1.54) is 95.3 Å². The first-order valence-electron chi connectivity index (χ1n) is 12.6. The van der Waals surface area contributed by atoms with Crippen LogP contribution in [0.3, 0.4) is 0 Å². The summed E-state index contributed by atoms with van der Waals surface area (Å²) in [5.74, 6) is 1.94. The summed E-state index contributed by atoms with van der Waals surface area (Å²) in [4.78, 5) is 13.6. The Hall–Kier alpha value is -1.78. The molecule has 4 heterocycles. The Bertz CT molecular complexity index is 656. The number of hydrogen-bond acceptors (Lipinski definition) is 4. The Morgan fingerprint density at radius 1 is 0.613 bits per heavy atom. The third-order valence-electron chi connectivity index (χ3n) is 7.57. The number of nitrogens with zero attached hydrogens (tertiary/aromatic N) is 4. The summed E-state index contributed by atoms with van der Waals surface area (Å²) in [5, 5.41) is 0. The molecule has 2 aromatic rings. The fourth-order valence-electron chi connectivity index (χ4n) is 5.37. The van der Waals surface area contributed by atoms with E-state index in [1.54, 1.807) is 0 Å². The van der Waals surface area contributed by atoms with Crippen LogP contribution in [0.15, 0.2) is 49.1 Å². The molecule has 4 nitrogen and oxygen atoms in total. The Morgan fingerprint density at radius 2 is 1.00 bits per heavy atom. The molecular weight excluding hydrogens is 380 g/mol. The van der Waals surface area contributed by atoms with E-state index < -0.39 is 0 Å². The predicted molar refractivity (Wildman–Crippen MR) is 128 cm³/mol. The molecule has 2 aliphatic rings. The van der Waals surface area contributed by atoms with E-state index in [4.69, 9.17) is 0 Å². The van der Waals surface area contributed by atoms with Crippen molar-refractivity contribution in [3.63, 3.8) is 0 Å². The lowest BCUT2D eigenvalue weighted by Gasteiger charge is -2.33. The molecule has 2 saturated heterocycles. The first-order chi connectivity index (χ1) is 15.3. The summed E-state index contributed by atoms with van der Waals surface area (Å²) >= 11 is 0. The maximum atomic E-state index is 4.12. The first kappa shape index (κ1) is 22.4. The second kappa shape index (κ2) is 12.3. The minimum Gasteiger partial charge on any atom is -0.303 e. The molecule has 2 aliphatic heterocycles. The van der Waals surface area contributed by atoms with Crippen LogP contribution in [0.4, 0.5) is 0 Å². The number of pyridine rings is 2. The van der Waals surface area contributed by atoms with Gasteiger partial charge in [0.1, 0.15) is 0 Å². The maximum Gasteiger partial charge on any atom is 0.0270 e. The van der Waals surface area contributed by atoms with Gasteiger partial charge >= 0.3 is 0 Å². The third-order valence-corrected chi connectivity index (χ3v) is 7.57. The fourth-order valence-corrected chi connectivity index (χ4v) is 5.37. The van der Waals surface area contributed by atoms with Crippen molar-refractivity contribution < 1.29 is 0 Å². The molecule has 0 aromatic carbocycles. The highest BCUT2D eigenvalue weighted by molar-refractivity contribution is 5.10. The number of aromatic nitrogens is 2. The molecule has 2 aromatic heterocycles. The number of likely N-dealkylation sites (tertiary alicyclic amines) is 2. The van der Waals surface area contributed by atoms with Gasteiger partial charge in [-0.15, -0.1) is 0 Å². The molecule has 0 spiro atoms. The van der Waals surface area contributed by atoms with Crippen molar-refractivity contribution >= 4 is 0 Å². The van der Waals surface area contributed by atoms with E-state index in [2.05, 4.69) is 44.0 Å². The topological polar surface area (TPSA) is 32.3 Å². The van der Waals surface area contributed by atoms with Crippen molar-refractivity contribution in [2.24, 2.45) is 11.8 Å². The third kappa shape index (κ3) is 7.69. The zero-order chi connectivity index (χ0) is 21.1. The SMILES string of the molecule is c1cc(CCN2CCC(CCCC3CCN(CCc4ccncc4)CC3)CC2)ccn1. The molecule has 0 radical (unpaired) electrons. The summed E-state index contributed by atoms with van der Waals surface area (Å²) in [5.41, 5.74) is 2.83. The van der Waals surface area contributed by atoms with Gasteiger partial charge in [-0.1, -0.05) is 19.3 Å². The lowest BCUT2D eigenvalue weighted by atomic mass is 9.86. The van der Waals surface area contributed by atoms with Crippen molar-refractivity contribution in [2.75, 3.05) is 39.3 Å². The van der Waals surface area contributed by atoms with Crippen molar-refractivity contribution in [3.8, 4) is 0 Å². The Morgan fingerprint density at radius 3 is 1.39 bits per heavy atom. The highest BCUT2D eigenvalue weighted by Crippen LogP contribution is 2.27. The van der Waals surface area contributed by atoms with Gasteiger partial charge < -0.3 is 9.80 Å². The van der Waals surface area contributed by atoms with E-state index >= 15 is 0 Å². The molecule has 0 N–H and O–H groups in total. The van der Waals surface area contributed by atoms with Crippen LogP contribution in [0.25, 0.3) is 0 Å². The van der Waals surface area contributed by atoms with Gasteiger partial charge in [0.2, 0.25) is 0 Å². The van der Waals surface area contributed by atoms with Gasteiger partial charge in [0.05, 0.1) is 0 Å². The molecule has 0 aliphatic carbocycles. The zero-order valence-corrected chi connectivity index (χ0v) is 19.2. The monoisotopic (exact) mass is 420 g/mol. The highest BCUT2D eigenvalue weighted by Gasteiger charge is 2.21. The molecule has 0 unspecified atom stereocenters. The van der Waals surface area contributed by atoms with Crippen LogP contribution in [-0.2, 0) is 12.8 Å². The van der Waals surface area contributed by atoms with Crippen molar-refractivity contribution in [3.05, 3.63) is 60.2 Å². The largest absolute Gasteiger partial charge is 0.303 e. The summed E-state index contributed by atoms with van der Waals surface area (Å²) < 4.78 is 0. The average Bonchev–Trinajstić information content (AvgIpc) is 2.84. The molecular formula is C27H40N4. The lowest BCUT2D eigenvalue weighted by Crippen LogP contribution is -2.35. The quantitative estimate of drug-likeness (QED) is 0.550. The van der Waals surface area contributed by atoms with Crippen LogP contribution in [0, 0.1) is 11.8 Å². The molecule has 0 amide bonds. The lowest BCUT2D eigenvalue weighted by molar-refractivity contribution is 0.164. The molecule has 2 fully saturated rings. The first-order valence-corrected chi connectivity index (χ1v) is 12.6. The van der Waals surface area contributed by atoms with Gasteiger partial charge in [-0.25, -0.2) is 0 Å². The van der Waals surface area contributed by atoms with Gasteiger partial charge in [0.25, 0.3) is 0 Å². The van der Waals surface area contributed by atoms with Crippen LogP contribution in [0.1, 0.15) is 56.1 Å². The molecule has 0 atom stereocenters. The average molecular weight is 421 g/mol. The summed E-state index contributed by atoms with van der Waals surface area (Å²) in [6.45, 7) is 7.60. The van der Waals surface area contributed by atoms with Crippen molar-refractivity contribution in [2.45, 2.75) is 57.8 Å². The Labute approximate surface area is 189 Å². The van der Waals surface area contributed by atoms with E-state index in [0.717, 1.165) is 24.7 Å². The smallest absolute Gasteiger partial charge is 0.0270 e. The van der Waals surface area contributed by atoms with E-state index in [0.29, 0.717) is 0 Å². The van der Waals surface area contributed by atoms with Crippen LogP contribution < -0.4 is 0 Å². The number of piperidine rings is 2. The van der Waals surface area contributed by atoms with E-state index in [9.17, 15) is 0 Å². The van der Waals surface area contributed by atoms with Gasteiger partial charge in [-0.05, 0) is 112 Å².